The molecule has 1 saturated heterocycles. The highest BCUT2D eigenvalue weighted by molar-refractivity contribution is 5.58. The monoisotopic (exact) mass is 241 g/mol. The normalized spacial score (nSPS) is 14.9. The van der Waals surface area contributed by atoms with Crippen molar-refractivity contribution in [2.75, 3.05) is 18.5 Å². The van der Waals surface area contributed by atoms with Gasteiger partial charge in [0, 0.05) is 0 Å². The van der Waals surface area contributed by atoms with Gasteiger partial charge in [0.1, 0.15) is 5.75 Å². The standard InChI is InChI=1S/C15H15NO2/c1-2-6-13(7-3-1)18-15-9-5-4-8-14(15)16-12-10-17-11-12/h1-9,12,16H,10-11H2. The highest BCUT2D eigenvalue weighted by Gasteiger charge is 2.19. The van der Waals surface area contributed by atoms with Crippen LogP contribution in [0.1, 0.15) is 0 Å². The smallest absolute Gasteiger partial charge is 0.150 e. The molecule has 0 aliphatic carbocycles. The van der Waals surface area contributed by atoms with Crippen molar-refractivity contribution in [3.63, 3.8) is 0 Å². The van der Waals surface area contributed by atoms with Gasteiger partial charge in [-0.1, -0.05) is 30.3 Å². The van der Waals surface area contributed by atoms with Gasteiger partial charge < -0.3 is 14.8 Å². The van der Waals surface area contributed by atoms with E-state index in [-0.39, 0.29) is 0 Å². The molecule has 92 valence electrons. The third-order valence-corrected chi connectivity index (χ3v) is 2.86. The lowest BCUT2D eigenvalue weighted by atomic mass is 10.2. The van der Waals surface area contributed by atoms with E-state index < -0.39 is 0 Å². The lowest BCUT2D eigenvalue weighted by Crippen LogP contribution is -2.40. The Labute approximate surface area is 106 Å². The van der Waals surface area contributed by atoms with Crippen LogP contribution in [0.3, 0.4) is 0 Å². The summed E-state index contributed by atoms with van der Waals surface area (Å²) in [6.07, 6.45) is 0. The topological polar surface area (TPSA) is 30.5 Å². The molecule has 2 aromatic rings. The summed E-state index contributed by atoms with van der Waals surface area (Å²) in [4.78, 5) is 0. The first kappa shape index (κ1) is 11.1. The average molecular weight is 241 g/mol. The fourth-order valence-corrected chi connectivity index (χ4v) is 1.83. The lowest BCUT2D eigenvalue weighted by Gasteiger charge is -2.28. The Hall–Kier alpha value is -2.00. The van der Waals surface area contributed by atoms with Gasteiger partial charge in [-0.05, 0) is 24.3 Å². The predicted octanol–water partition coefficient (Wildman–Crippen LogP) is 3.29. The molecule has 1 aliphatic rings. The molecule has 0 saturated carbocycles. The largest absolute Gasteiger partial charge is 0.455 e. The van der Waals surface area contributed by atoms with Crippen LogP contribution in [0.25, 0.3) is 0 Å². The van der Waals surface area contributed by atoms with Crippen LogP contribution in [0.2, 0.25) is 0 Å². The summed E-state index contributed by atoms with van der Waals surface area (Å²) in [7, 11) is 0. The van der Waals surface area contributed by atoms with E-state index in [9.17, 15) is 0 Å². The molecule has 0 spiro atoms. The summed E-state index contributed by atoms with van der Waals surface area (Å²) in [5.41, 5.74) is 1.01. The maximum atomic E-state index is 5.88. The van der Waals surface area contributed by atoms with Crippen LogP contribution in [0.15, 0.2) is 54.6 Å². The van der Waals surface area contributed by atoms with Crippen molar-refractivity contribution in [2.24, 2.45) is 0 Å². The second-order valence-corrected chi connectivity index (χ2v) is 4.29. The quantitative estimate of drug-likeness (QED) is 0.891. The van der Waals surface area contributed by atoms with Crippen molar-refractivity contribution >= 4 is 5.69 Å². The van der Waals surface area contributed by atoms with E-state index in [2.05, 4.69) is 5.32 Å². The van der Waals surface area contributed by atoms with Crippen molar-refractivity contribution in [3.05, 3.63) is 54.6 Å². The summed E-state index contributed by atoms with van der Waals surface area (Å²) in [5.74, 6) is 1.69. The first-order valence-electron chi connectivity index (χ1n) is 6.08. The SMILES string of the molecule is c1ccc(Oc2ccccc2NC2COC2)cc1. The number of nitrogens with one attached hydrogen (secondary N) is 1. The van der Waals surface area contributed by atoms with Crippen LogP contribution in [0, 0.1) is 0 Å². The van der Waals surface area contributed by atoms with Crippen molar-refractivity contribution in [1.29, 1.82) is 0 Å². The number of hydrogen-bond acceptors (Lipinski definition) is 3. The Bertz CT molecular complexity index is 509. The van der Waals surface area contributed by atoms with E-state index in [1.165, 1.54) is 0 Å². The summed E-state index contributed by atoms with van der Waals surface area (Å²) in [6.45, 7) is 1.53. The molecule has 1 heterocycles. The Morgan fingerprint density at radius 1 is 0.944 bits per heavy atom. The number of benzene rings is 2. The van der Waals surface area contributed by atoms with Gasteiger partial charge in [-0.15, -0.1) is 0 Å². The minimum atomic E-state index is 0.394. The van der Waals surface area contributed by atoms with Gasteiger partial charge in [-0.25, -0.2) is 0 Å². The Balaban J connectivity index is 1.78. The number of para-hydroxylation sites is 3. The zero-order valence-corrected chi connectivity index (χ0v) is 10.0. The molecule has 3 nitrogen and oxygen atoms in total. The Morgan fingerprint density at radius 2 is 1.67 bits per heavy atom. The molecule has 18 heavy (non-hydrogen) atoms. The third-order valence-electron chi connectivity index (χ3n) is 2.86. The van der Waals surface area contributed by atoms with Gasteiger partial charge in [0.05, 0.1) is 24.9 Å². The van der Waals surface area contributed by atoms with Crippen molar-refractivity contribution in [3.8, 4) is 11.5 Å². The summed E-state index contributed by atoms with van der Waals surface area (Å²) in [5, 5.41) is 3.42. The molecule has 0 unspecified atom stereocenters. The molecule has 0 bridgehead atoms. The Morgan fingerprint density at radius 3 is 2.39 bits per heavy atom. The molecule has 1 N–H and O–H groups in total. The minimum absolute atomic E-state index is 0.394. The lowest BCUT2D eigenvalue weighted by molar-refractivity contribution is 0.0210. The van der Waals surface area contributed by atoms with Crippen molar-refractivity contribution in [1.82, 2.24) is 0 Å². The van der Waals surface area contributed by atoms with E-state index in [1.54, 1.807) is 0 Å². The van der Waals surface area contributed by atoms with Crippen LogP contribution in [-0.2, 0) is 4.74 Å². The van der Waals surface area contributed by atoms with E-state index in [4.69, 9.17) is 9.47 Å². The first-order chi connectivity index (χ1) is 8.92. The fourth-order valence-electron chi connectivity index (χ4n) is 1.83. The van der Waals surface area contributed by atoms with E-state index in [1.807, 2.05) is 54.6 Å². The molecule has 2 aromatic carbocycles. The van der Waals surface area contributed by atoms with Gasteiger partial charge in [0.25, 0.3) is 0 Å². The second kappa shape index (κ2) is 5.10. The summed E-state index contributed by atoms with van der Waals surface area (Å²) >= 11 is 0. The third kappa shape index (κ3) is 2.46. The zero-order chi connectivity index (χ0) is 12.2. The number of anilines is 1. The number of rotatable bonds is 4. The second-order valence-electron chi connectivity index (χ2n) is 4.29. The first-order valence-corrected chi connectivity index (χ1v) is 6.08. The van der Waals surface area contributed by atoms with Crippen LogP contribution in [0.5, 0.6) is 11.5 Å². The number of ether oxygens (including phenoxy) is 2. The average Bonchev–Trinajstić information content (AvgIpc) is 2.37. The van der Waals surface area contributed by atoms with Crippen LogP contribution >= 0.6 is 0 Å². The van der Waals surface area contributed by atoms with Crippen LogP contribution in [-0.4, -0.2) is 19.3 Å². The van der Waals surface area contributed by atoms with Crippen molar-refractivity contribution in [2.45, 2.75) is 6.04 Å². The van der Waals surface area contributed by atoms with Gasteiger partial charge in [0.15, 0.2) is 5.75 Å². The number of hydrogen-bond donors (Lipinski definition) is 1. The van der Waals surface area contributed by atoms with E-state index >= 15 is 0 Å². The molecular formula is C15H15NO2. The molecule has 1 aliphatic heterocycles. The maximum Gasteiger partial charge on any atom is 0.150 e. The molecular weight excluding hydrogens is 226 g/mol. The molecule has 0 aromatic heterocycles. The zero-order valence-electron chi connectivity index (χ0n) is 10.0. The maximum absolute atomic E-state index is 5.88. The van der Waals surface area contributed by atoms with E-state index in [0.29, 0.717) is 6.04 Å². The van der Waals surface area contributed by atoms with Gasteiger partial charge in [-0.3, -0.25) is 0 Å². The molecule has 0 amide bonds. The van der Waals surface area contributed by atoms with Crippen LogP contribution in [0.4, 0.5) is 5.69 Å². The van der Waals surface area contributed by atoms with Crippen LogP contribution < -0.4 is 10.1 Å². The van der Waals surface area contributed by atoms with Gasteiger partial charge in [0.2, 0.25) is 0 Å². The predicted molar refractivity (Wildman–Crippen MR) is 71.2 cm³/mol. The van der Waals surface area contributed by atoms with E-state index in [0.717, 1.165) is 30.4 Å². The molecule has 3 rings (SSSR count). The van der Waals surface area contributed by atoms with Crippen molar-refractivity contribution < 1.29 is 9.47 Å². The summed E-state index contributed by atoms with van der Waals surface area (Å²) < 4.78 is 11.0. The fraction of sp³-hybridized carbons (Fsp3) is 0.200. The molecule has 0 atom stereocenters. The Kier molecular flexibility index (Phi) is 3.15. The highest BCUT2D eigenvalue weighted by atomic mass is 16.5. The summed E-state index contributed by atoms with van der Waals surface area (Å²) in [6, 6.07) is 18.2. The highest BCUT2D eigenvalue weighted by Crippen LogP contribution is 2.30. The molecule has 3 heteroatoms. The molecule has 0 radical (unpaired) electrons. The molecule has 1 fully saturated rings. The van der Waals surface area contributed by atoms with Gasteiger partial charge >= 0.3 is 0 Å². The van der Waals surface area contributed by atoms with Gasteiger partial charge in [-0.2, -0.15) is 0 Å². The minimum Gasteiger partial charge on any atom is -0.455 e.